The highest BCUT2D eigenvalue weighted by atomic mass is 19.1. The molecule has 0 aliphatic heterocycles. The number of nitrogens with zero attached hydrogens (tertiary/aromatic N) is 2. The average molecular weight is 159 g/mol. The molecule has 0 fully saturated rings. The van der Waals surface area contributed by atoms with Crippen LogP contribution >= 0.6 is 0 Å². The van der Waals surface area contributed by atoms with Gasteiger partial charge in [-0.2, -0.15) is 4.98 Å². The third-order valence-corrected chi connectivity index (χ3v) is 1.13. The molecular weight excluding hydrogens is 153 g/mol. The Kier molecular flexibility index (Phi) is 1.86. The van der Waals surface area contributed by atoms with Crippen LogP contribution < -0.4 is 11.4 Å². The third-order valence-electron chi connectivity index (χ3n) is 1.13. The van der Waals surface area contributed by atoms with Gasteiger partial charge < -0.3 is 10.8 Å². The Balaban J connectivity index is 3.32. The lowest BCUT2D eigenvalue weighted by molar-refractivity contribution is 0.202. The second-order valence-corrected chi connectivity index (χ2v) is 1.87. The fourth-order valence-corrected chi connectivity index (χ4v) is 0.580. The predicted molar refractivity (Wildman–Crippen MR) is 35.1 cm³/mol. The van der Waals surface area contributed by atoms with Gasteiger partial charge in [0.2, 0.25) is 0 Å². The molecule has 6 heteroatoms. The number of aliphatic hydroxyl groups is 1. The second-order valence-electron chi connectivity index (χ2n) is 1.87. The van der Waals surface area contributed by atoms with Gasteiger partial charge in [0.15, 0.2) is 11.6 Å². The highest BCUT2D eigenvalue weighted by Gasteiger charge is 2.02. The summed E-state index contributed by atoms with van der Waals surface area (Å²) in [4.78, 5) is 13.8. The second kappa shape index (κ2) is 2.67. The van der Waals surface area contributed by atoms with Crippen LogP contribution in [0.15, 0.2) is 11.0 Å². The lowest BCUT2D eigenvalue weighted by Gasteiger charge is -1.99. The van der Waals surface area contributed by atoms with E-state index in [-0.39, 0.29) is 0 Å². The summed E-state index contributed by atoms with van der Waals surface area (Å²) in [7, 11) is 0. The van der Waals surface area contributed by atoms with Crippen molar-refractivity contribution in [1.82, 2.24) is 9.55 Å². The summed E-state index contributed by atoms with van der Waals surface area (Å²) in [5.74, 6) is -1.28. The van der Waals surface area contributed by atoms with Gasteiger partial charge in [0.05, 0.1) is 6.20 Å². The molecule has 0 unspecified atom stereocenters. The van der Waals surface area contributed by atoms with Gasteiger partial charge in [-0.1, -0.05) is 0 Å². The van der Waals surface area contributed by atoms with Crippen LogP contribution in [0.1, 0.15) is 0 Å². The molecule has 0 atom stereocenters. The van der Waals surface area contributed by atoms with Gasteiger partial charge in [0, 0.05) is 0 Å². The maximum atomic E-state index is 12.5. The molecule has 0 bridgehead atoms. The molecule has 0 aromatic carbocycles. The SMILES string of the molecule is Nc1nc(=O)n(CO)cc1F. The summed E-state index contributed by atoms with van der Waals surface area (Å²) in [6.07, 6.45) is 0.796. The van der Waals surface area contributed by atoms with E-state index in [4.69, 9.17) is 10.8 Å². The molecule has 0 aliphatic carbocycles. The van der Waals surface area contributed by atoms with Gasteiger partial charge in [-0.3, -0.25) is 4.57 Å². The van der Waals surface area contributed by atoms with Crippen LogP contribution in [0.25, 0.3) is 0 Å². The number of rotatable bonds is 1. The molecule has 1 aromatic rings. The molecule has 0 radical (unpaired) electrons. The van der Waals surface area contributed by atoms with Gasteiger partial charge in [-0.15, -0.1) is 0 Å². The first-order valence-electron chi connectivity index (χ1n) is 2.78. The summed E-state index contributed by atoms with van der Waals surface area (Å²) >= 11 is 0. The third kappa shape index (κ3) is 1.35. The molecule has 60 valence electrons. The highest BCUT2D eigenvalue weighted by molar-refractivity contribution is 5.26. The molecule has 0 amide bonds. The fourth-order valence-electron chi connectivity index (χ4n) is 0.580. The molecule has 3 N–H and O–H groups in total. The van der Waals surface area contributed by atoms with Gasteiger partial charge in [0.25, 0.3) is 0 Å². The molecule has 1 heterocycles. The normalized spacial score (nSPS) is 10.0. The summed E-state index contributed by atoms with van der Waals surface area (Å²) in [6.45, 7) is -0.608. The van der Waals surface area contributed by atoms with Crippen molar-refractivity contribution >= 4 is 5.82 Å². The Labute approximate surface area is 60.9 Å². The van der Waals surface area contributed by atoms with Gasteiger partial charge in [-0.05, 0) is 0 Å². The number of aliphatic hydroxyl groups excluding tert-OH is 1. The van der Waals surface area contributed by atoms with Crippen molar-refractivity contribution in [3.05, 3.63) is 22.5 Å². The first kappa shape index (κ1) is 7.67. The van der Waals surface area contributed by atoms with Crippen LogP contribution in [0.5, 0.6) is 0 Å². The summed E-state index contributed by atoms with van der Waals surface area (Å²) < 4.78 is 13.2. The summed E-state index contributed by atoms with van der Waals surface area (Å²) in [6, 6.07) is 0. The number of hydrogen-bond donors (Lipinski definition) is 2. The average Bonchev–Trinajstić information content (AvgIpc) is 1.97. The van der Waals surface area contributed by atoms with E-state index in [0.29, 0.717) is 4.57 Å². The number of halogens is 1. The Bertz CT molecular complexity index is 322. The zero-order chi connectivity index (χ0) is 8.43. The minimum Gasteiger partial charge on any atom is -0.381 e. The zero-order valence-corrected chi connectivity index (χ0v) is 5.49. The molecule has 5 nitrogen and oxygen atoms in total. The van der Waals surface area contributed by atoms with Crippen molar-refractivity contribution in [2.24, 2.45) is 0 Å². The maximum absolute atomic E-state index is 12.5. The standard InChI is InChI=1S/C5H6FN3O2/c6-3-1-9(2-10)5(11)8-4(3)7/h1,10H,2H2,(H2,7,8,11). The van der Waals surface area contributed by atoms with Crippen LogP contribution in [0.4, 0.5) is 10.2 Å². The Hall–Kier alpha value is -1.43. The van der Waals surface area contributed by atoms with Gasteiger partial charge >= 0.3 is 5.69 Å². The number of aromatic nitrogens is 2. The lowest BCUT2D eigenvalue weighted by Crippen LogP contribution is -2.24. The Morgan fingerprint density at radius 1 is 1.82 bits per heavy atom. The molecule has 1 rings (SSSR count). The minimum absolute atomic E-state index is 0.459. The van der Waals surface area contributed by atoms with Crippen LogP contribution in [0, 0.1) is 5.82 Å². The van der Waals surface area contributed by atoms with Crippen LogP contribution in [0.3, 0.4) is 0 Å². The van der Waals surface area contributed by atoms with E-state index >= 15 is 0 Å². The van der Waals surface area contributed by atoms with E-state index < -0.39 is 24.1 Å². The van der Waals surface area contributed by atoms with E-state index in [2.05, 4.69) is 4.98 Å². The smallest absolute Gasteiger partial charge is 0.351 e. The van der Waals surface area contributed by atoms with Crippen LogP contribution in [-0.4, -0.2) is 14.7 Å². The number of anilines is 1. The minimum atomic E-state index is -0.821. The van der Waals surface area contributed by atoms with Crippen molar-refractivity contribution in [1.29, 1.82) is 0 Å². The molecule has 0 aliphatic rings. The van der Waals surface area contributed by atoms with Gasteiger partial charge in [-0.25, -0.2) is 9.18 Å². The van der Waals surface area contributed by atoms with E-state index in [0.717, 1.165) is 6.20 Å². The fraction of sp³-hybridized carbons (Fsp3) is 0.200. The topological polar surface area (TPSA) is 81.1 Å². The first-order valence-corrected chi connectivity index (χ1v) is 2.78. The van der Waals surface area contributed by atoms with Crippen molar-refractivity contribution in [3.63, 3.8) is 0 Å². The van der Waals surface area contributed by atoms with Crippen LogP contribution in [-0.2, 0) is 6.73 Å². The molecule has 0 saturated heterocycles. The van der Waals surface area contributed by atoms with E-state index in [1.54, 1.807) is 0 Å². The maximum Gasteiger partial charge on any atom is 0.351 e. The van der Waals surface area contributed by atoms with Crippen molar-refractivity contribution in [2.45, 2.75) is 6.73 Å². The summed E-state index contributed by atoms with van der Waals surface area (Å²) in [5.41, 5.74) is 4.19. The van der Waals surface area contributed by atoms with Crippen molar-refractivity contribution in [2.75, 3.05) is 5.73 Å². The van der Waals surface area contributed by atoms with E-state index in [9.17, 15) is 9.18 Å². The van der Waals surface area contributed by atoms with E-state index in [1.165, 1.54) is 0 Å². The van der Waals surface area contributed by atoms with Gasteiger partial charge in [0.1, 0.15) is 6.73 Å². The number of nitrogens with two attached hydrogens (primary N) is 1. The lowest BCUT2D eigenvalue weighted by atomic mass is 10.5. The zero-order valence-electron chi connectivity index (χ0n) is 5.49. The highest BCUT2D eigenvalue weighted by Crippen LogP contribution is 1.99. The number of nitrogen functional groups attached to an aromatic ring is 1. The quantitative estimate of drug-likeness (QED) is 0.545. The first-order chi connectivity index (χ1) is 5.15. The molecule has 1 aromatic heterocycles. The Morgan fingerprint density at radius 3 is 3.00 bits per heavy atom. The van der Waals surface area contributed by atoms with E-state index in [1.807, 2.05) is 0 Å². The Morgan fingerprint density at radius 2 is 2.45 bits per heavy atom. The van der Waals surface area contributed by atoms with Crippen molar-refractivity contribution < 1.29 is 9.50 Å². The van der Waals surface area contributed by atoms with Crippen LogP contribution in [0.2, 0.25) is 0 Å². The monoisotopic (exact) mass is 159 g/mol. The molecule has 0 spiro atoms. The predicted octanol–water partition coefficient (Wildman–Crippen LogP) is -1.09. The molecule has 11 heavy (non-hydrogen) atoms. The number of hydrogen-bond acceptors (Lipinski definition) is 4. The summed E-state index contributed by atoms with van der Waals surface area (Å²) in [5, 5.41) is 8.45. The largest absolute Gasteiger partial charge is 0.381 e. The molecular formula is C5H6FN3O2. The molecule has 0 saturated carbocycles. The van der Waals surface area contributed by atoms with Crippen molar-refractivity contribution in [3.8, 4) is 0 Å².